The molecule has 2 rings (SSSR count). The van der Waals surface area contributed by atoms with Crippen molar-refractivity contribution in [3.05, 3.63) is 35.9 Å². The SMILES string of the molecule is C=CCN1C(=O)/C(=C/c2c(O)cc(OC)cc2OC)C(=O)NC1=S. The average Bonchev–Trinajstić information content (AvgIpc) is 2.55. The van der Waals surface area contributed by atoms with E-state index in [2.05, 4.69) is 11.9 Å². The molecule has 2 N–H and O–H groups in total. The summed E-state index contributed by atoms with van der Waals surface area (Å²) in [6.45, 7) is 3.71. The number of hydrogen-bond acceptors (Lipinski definition) is 6. The zero-order valence-corrected chi connectivity index (χ0v) is 14.0. The van der Waals surface area contributed by atoms with Crippen LogP contribution in [0.25, 0.3) is 6.08 Å². The van der Waals surface area contributed by atoms with Crippen LogP contribution < -0.4 is 14.8 Å². The van der Waals surface area contributed by atoms with Gasteiger partial charge in [0.25, 0.3) is 11.8 Å². The Morgan fingerprint density at radius 1 is 1.33 bits per heavy atom. The molecule has 0 atom stereocenters. The number of phenolic OH excluding ortho intramolecular Hbond substituents is 1. The second kappa shape index (κ2) is 7.14. The standard InChI is InChI=1S/C16H16N2O5S/c1-4-5-18-15(21)11(14(20)17-16(18)24)8-10-12(19)6-9(22-2)7-13(10)23-3/h4,6-8,19H,1,5H2,2-3H3,(H,17,20,24)/b11-8+. The third kappa shape index (κ3) is 3.23. The van der Waals surface area contributed by atoms with Gasteiger partial charge in [0, 0.05) is 18.7 Å². The number of rotatable bonds is 5. The second-order valence-electron chi connectivity index (χ2n) is 4.78. The Kier molecular flexibility index (Phi) is 5.20. The van der Waals surface area contributed by atoms with Gasteiger partial charge in [0.2, 0.25) is 0 Å². The van der Waals surface area contributed by atoms with E-state index in [0.717, 1.165) is 0 Å². The van der Waals surface area contributed by atoms with Gasteiger partial charge in [0.1, 0.15) is 22.8 Å². The first-order chi connectivity index (χ1) is 11.4. The van der Waals surface area contributed by atoms with Gasteiger partial charge in [-0.3, -0.25) is 19.8 Å². The van der Waals surface area contributed by atoms with Crippen LogP contribution >= 0.6 is 12.2 Å². The summed E-state index contributed by atoms with van der Waals surface area (Å²) in [4.78, 5) is 25.8. The maximum Gasteiger partial charge on any atom is 0.265 e. The van der Waals surface area contributed by atoms with E-state index in [-0.39, 0.29) is 34.3 Å². The number of benzene rings is 1. The third-order valence-electron chi connectivity index (χ3n) is 3.34. The summed E-state index contributed by atoms with van der Waals surface area (Å²) in [7, 11) is 2.84. The number of ether oxygens (including phenoxy) is 2. The lowest BCUT2D eigenvalue weighted by molar-refractivity contribution is -0.128. The lowest BCUT2D eigenvalue weighted by atomic mass is 10.1. The minimum atomic E-state index is -0.650. The molecule has 1 aromatic rings. The number of hydrogen-bond donors (Lipinski definition) is 2. The summed E-state index contributed by atoms with van der Waals surface area (Å²) in [6, 6.07) is 2.88. The molecule has 2 amide bonds. The van der Waals surface area contributed by atoms with Crippen molar-refractivity contribution >= 4 is 35.2 Å². The van der Waals surface area contributed by atoms with Crippen LogP contribution in [0.3, 0.4) is 0 Å². The predicted molar refractivity (Wildman–Crippen MR) is 91.8 cm³/mol. The Morgan fingerprint density at radius 2 is 2.04 bits per heavy atom. The molecule has 0 aromatic heterocycles. The van der Waals surface area contributed by atoms with Gasteiger partial charge in [-0.15, -0.1) is 6.58 Å². The summed E-state index contributed by atoms with van der Waals surface area (Å²) in [6.07, 6.45) is 2.74. The highest BCUT2D eigenvalue weighted by Crippen LogP contribution is 2.35. The van der Waals surface area contributed by atoms with Crippen LogP contribution in [0.5, 0.6) is 17.2 Å². The van der Waals surface area contributed by atoms with Crippen molar-refractivity contribution in [1.29, 1.82) is 0 Å². The molecule has 0 bridgehead atoms. The van der Waals surface area contributed by atoms with E-state index in [0.29, 0.717) is 5.75 Å². The maximum absolute atomic E-state index is 12.5. The zero-order valence-electron chi connectivity index (χ0n) is 13.2. The molecule has 8 heteroatoms. The first kappa shape index (κ1) is 17.5. The van der Waals surface area contributed by atoms with E-state index in [9.17, 15) is 14.7 Å². The number of nitrogens with one attached hydrogen (secondary N) is 1. The lowest BCUT2D eigenvalue weighted by Gasteiger charge is -2.27. The molecular formula is C16H16N2O5S. The smallest absolute Gasteiger partial charge is 0.265 e. The number of carbonyl (C=O) groups excluding carboxylic acids is 2. The monoisotopic (exact) mass is 348 g/mol. The van der Waals surface area contributed by atoms with Gasteiger partial charge >= 0.3 is 0 Å². The number of amides is 2. The van der Waals surface area contributed by atoms with Crippen LogP contribution in [0.2, 0.25) is 0 Å². The highest BCUT2D eigenvalue weighted by Gasteiger charge is 2.33. The fourth-order valence-corrected chi connectivity index (χ4v) is 2.40. The Bertz CT molecular complexity index is 757. The van der Waals surface area contributed by atoms with Crippen LogP contribution in [-0.4, -0.2) is 47.7 Å². The van der Waals surface area contributed by atoms with Gasteiger partial charge in [0.05, 0.1) is 19.8 Å². The summed E-state index contributed by atoms with van der Waals surface area (Å²) in [5, 5.41) is 12.6. The normalized spacial score (nSPS) is 16.2. The van der Waals surface area contributed by atoms with E-state index in [4.69, 9.17) is 21.7 Å². The van der Waals surface area contributed by atoms with Crippen molar-refractivity contribution in [3.63, 3.8) is 0 Å². The van der Waals surface area contributed by atoms with Crippen molar-refractivity contribution in [3.8, 4) is 17.2 Å². The molecule has 1 aliphatic rings. The summed E-state index contributed by atoms with van der Waals surface area (Å²) in [5.41, 5.74) is 0.00684. The average molecular weight is 348 g/mol. The van der Waals surface area contributed by atoms with E-state index >= 15 is 0 Å². The predicted octanol–water partition coefficient (Wildman–Crippen LogP) is 1.22. The quantitative estimate of drug-likeness (QED) is 0.360. The fraction of sp³-hybridized carbons (Fsp3) is 0.188. The van der Waals surface area contributed by atoms with Crippen LogP contribution in [0.15, 0.2) is 30.4 Å². The topological polar surface area (TPSA) is 88.1 Å². The van der Waals surface area contributed by atoms with Crippen LogP contribution in [-0.2, 0) is 9.59 Å². The first-order valence-corrected chi connectivity index (χ1v) is 7.28. The minimum absolute atomic E-state index is 0.00738. The van der Waals surface area contributed by atoms with Gasteiger partial charge in [-0.05, 0) is 18.3 Å². The Morgan fingerprint density at radius 3 is 2.62 bits per heavy atom. The molecule has 126 valence electrons. The molecule has 1 heterocycles. The van der Waals surface area contributed by atoms with Crippen molar-refractivity contribution in [2.75, 3.05) is 20.8 Å². The van der Waals surface area contributed by atoms with E-state index in [1.165, 1.54) is 43.4 Å². The zero-order chi connectivity index (χ0) is 17.9. The number of methoxy groups -OCH3 is 2. The van der Waals surface area contributed by atoms with Gasteiger partial charge in [-0.1, -0.05) is 6.08 Å². The molecule has 0 aliphatic carbocycles. The number of nitrogens with zero attached hydrogens (tertiary/aromatic N) is 1. The highest BCUT2D eigenvalue weighted by atomic mass is 32.1. The van der Waals surface area contributed by atoms with Crippen LogP contribution in [0, 0.1) is 0 Å². The van der Waals surface area contributed by atoms with Crippen molar-refractivity contribution in [2.24, 2.45) is 0 Å². The molecule has 1 saturated heterocycles. The van der Waals surface area contributed by atoms with Crippen molar-refractivity contribution in [2.45, 2.75) is 0 Å². The first-order valence-electron chi connectivity index (χ1n) is 6.87. The van der Waals surface area contributed by atoms with E-state index in [1.54, 1.807) is 0 Å². The third-order valence-corrected chi connectivity index (χ3v) is 3.66. The second-order valence-corrected chi connectivity index (χ2v) is 5.17. The molecule has 0 unspecified atom stereocenters. The molecule has 0 spiro atoms. The molecular weight excluding hydrogens is 332 g/mol. The Hall–Kier alpha value is -2.87. The molecule has 0 radical (unpaired) electrons. The Balaban J connectivity index is 2.53. The number of thiocarbonyl (C=S) groups is 1. The molecule has 7 nitrogen and oxygen atoms in total. The van der Waals surface area contributed by atoms with Gasteiger partial charge < -0.3 is 14.6 Å². The van der Waals surface area contributed by atoms with Crippen molar-refractivity contribution < 1.29 is 24.2 Å². The van der Waals surface area contributed by atoms with Gasteiger partial charge in [-0.25, -0.2) is 0 Å². The highest BCUT2D eigenvalue weighted by molar-refractivity contribution is 7.80. The molecule has 1 aromatic carbocycles. The fourth-order valence-electron chi connectivity index (χ4n) is 2.15. The molecule has 1 aliphatic heterocycles. The van der Waals surface area contributed by atoms with Crippen LogP contribution in [0.1, 0.15) is 5.56 Å². The van der Waals surface area contributed by atoms with E-state index in [1.807, 2.05) is 0 Å². The molecule has 1 fully saturated rings. The summed E-state index contributed by atoms with van der Waals surface area (Å²) in [5.74, 6) is -0.796. The maximum atomic E-state index is 12.5. The van der Waals surface area contributed by atoms with E-state index < -0.39 is 11.8 Å². The number of aromatic hydroxyl groups is 1. The summed E-state index contributed by atoms with van der Waals surface area (Å²) < 4.78 is 10.2. The minimum Gasteiger partial charge on any atom is -0.507 e. The molecule has 0 saturated carbocycles. The van der Waals surface area contributed by atoms with Crippen LogP contribution in [0.4, 0.5) is 0 Å². The van der Waals surface area contributed by atoms with Gasteiger partial charge in [0.15, 0.2) is 5.11 Å². The van der Waals surface area contributed by atoms with Gasteiger partial charge in [-0.2, -0.15) is 0 Å². The number of phenols is 1. The van der Waals surface area contributed by atoms with Crippen molar-refractivity contribution in [1.82, 2.24) is 10.2 Å². The largest absolute Gasteiger partial charge is 0.507 e. The lowest BCUT2D eigenvalue weighted by Crippen LogP contribution is -2.53. The Labute approximate surface area is 144 Å². The molecule has 24 heavy (non-hydrogen) atoms. The summed E-state index contributed by atoms with van der Waals surface area (Å²) >= 11 is 4.98. The number of carbonyl (C=O) groups is 2.